The minimum absolute atomic E-state index is 0. The lowest BCUT2D eigenvalue weighted by atomic mass is 10.0. The van der Waals surface area contributed by atoms with Crippen molar-refractivity contribution in [3.05, 3.63) is 47.5 Å². The summed E-state index contributed by atoms with van der Waals surface area (Å²) in [5.41, 5.74) is 3.17. The van der Waals surface area contributed by atoms with Gasteiger partial charge in [0, 0.05) is 11.1 Å². The summed E-state index contributed by atoms with van der Waals surface area (Å²) in [5.74, 6) is 0. The number of benzene rings is 2. The summed E-state index contributed by atoms with van der Waals surface area (Å²) in [6.45, 7) is 9.74. The summed E-state index contributed by atoms with van der Waals surface area (Å²) in [7, 11) is 0. The van der Waals surface area contributed by atoms with Gasteiger partial charge in [0.25, 0.3) is 0 Å². The first-order valence-electron chi connectivity index (χ1n) is 7.62. The maximum atomic E-state index is 2.43. The molecule has 0 spiro atoms. The SMILES string of the molecule is CCC[N+]1(CCC)Cc2cc3ccccc3cc2C1.[I-]. The monoisotopic (exact) mass is 381 g/mol. The molecule has 1 aliphatic heterocycles. The van der Waals surface area contributed by atoms with Gasteiger partial charge in [0.05, 0.1) is 13.1 Å². The van der Waals surface area contributed by atoms with Crippen LogP contribution >= 0.6 is 0 Å². The fraction of sp³-hybridized carbons (Fsp3) is 0.444. The molecule has 2 aromatic rings. The number of nitrogens with zero attached hydrogens (tertiary/aromatic N) is 1. The second-order valence-electron chi connectivity index (χ2n) is 6.07. The van der Waals surface area contributed by atoms with Crippen LogP contribution in [0.15, 0.2) is 36.4 Å². The van der Waals surface area contributed by atoms with Gasteiger partial charge in [-0.25, -0.2) is 0 Å². The van der Waals surface area contributed by atoms with Gasteiger partial charge in [0.1, 0.15) is 13.1 Å². The van der Waals surface area contributed by atoms with Crippen molar-refractivity contribution in [2.24, 2.45) is 0 Å². The highest BCUT2D eigenvalue weighted by Gasteiger charge is 2.34. The van der Waals surface area contributed by atoms with Gasteiger partial charge in [0.15, 0.2) is 0 Å². The third-order valence-electron chi connectivity index (χ3n) is 4.48. The van der Waals surface area contributed by atoms with Gasteiger partial charge in [-0.2, -0.15) is 0 Å². The minimum Gasteiger partial charge on any atom is -1.00 e. The van der Waals surface area contributed by atoms with Crippen molar-refractivity contribution in [1.29, 1.82) is 0 Å². The molecule has 0 unspecified atom stereocenters. The van der Waals surface area contributed by atoms with Crippen LogP contribution in [-0.2, 0) is 13.1 Å². The van der Waals surface area contributed by atoms with Crippen LogP contribution in [0, 0.1) is 0 Å². The first-order chi connectivity index (χ1) is 9.26. The van der Waals surface area contributed by atoms with Crippen molar-refractivity contribution < 1.29 is 28.5 Å². The highest BCUT2D eigenvalue weighted by molar-refractivity contribution is 5.84. The van der Waals surface area contributed by atoms with E-state index in [4.69, 9.17) is 0 Å². The largest absolute Gasteiger partial charge is 1.00 e. The lowest BCUT2D eigenvalue weighted by molar-refractivity contribution is -0.947. The van der Waals surface area contributed by atoms with Crippen molar-refractivity contribution in [2.75, 3.05) is 13.1 Å². The topological polar surface area (TPSA) is 0 Å². The average Bonchev–Trinajstić information content (AvgIpc) is 2.73. The third kappa shape index (κ3) is 2.86. The molecule has 3 rings (SSSR count). The fourth-order valence-electron chi connectivity index (χ4n) is 3.78. The highest BCUT2D eigenvalue weighted by atomic mass is 127. The molecule has 0 aromatic heterocycles. The molecule has 20 heavy (non-hydrogen) atoms. The lowest BCUT2D eigenvalue weighted by Gasteiger charge is -2.33. The minimum atomic E-state index is 0. The van der Waals surface area contributed by atoms with Crippen molar-refractivity contribution in [2.45, 2.75) is 39.8 Å². The van der Waals surface area contributed by atoms with Crippen LogP contribution in [-0.4, -0.2) is 17.6 Å². The third-order valence-corrected chi connectivity index (χ3v) is 4.48. The lowest BCUT2D eigenvalue weighted by Crippen LogP contribution is -3.00. The van der Waals surface area contributed by atoms with E-state index in [1.807, 2.05) is 0 Å². The maximum Gasteiger partial charge on any atom is 0.105 e. The van der Waals surface area contributed by atoms with E-state index in [1.165, 1.54) is 54.3 Å². The maximum absolute atomic E-state index is 2.43. The van der Waals surface area contributed by atoms with E-state index >= 15 is 0 Å². The van der Waals surface area contributed by atoms with E-state index in [0.29, 0.717) is 0 Å². The zero-order valence-corrected chi connectivity index (χ0v) is 14.7. The van der Waals surface area contributed by atoms with Crippen LogP contribution in [0.3, 0.4) is 0 Å². The van der Waals surface area contributed by atoms with E-state index in [2.05, 4.69) is 50.2 Å². The number of halogens is 1. The number of hydrogen-bond acceptors (Lipinski definition) is 0. The Morgan fingerprint density at radius 1 is 0.850 bits per heavy atom. The zero-order chi connectivity index (χ0) is 13.3. The quantitative estimate of drug-likeness (QED) is 0.556. The van der Waals surface area contributed by atoms with Crippen LogP contribution < -0.4 is 24.0 Å². The highest BCUT2D eigenvalue weighted by Crippen LogP contribution is 2.33. The van der Waals surface area contributed by atoms with Gasteiger partial charge >= 0.3 is 0 Å². The normalized spacial score (nSPS) is 15.9. The molecule has 108 valence electrons. The number of fused-ring (bicyclic) bond motifs is 2. The smallest absolute Gasteiger partial charge is 0.105 e. The molecular formula is C18H24IN. The van der Waals surface area contributed by atoms with Crippen LogP contribution in [0.4, 0.5) is 0 Å². The Bertz CT molecular complexity index is 538. The average molecular weight is 381 g/mol. The molecule has 0 atom stereocenters. The van der Waals surface area contributed by atoms with E-state index in [1.54, 1.807) is 11.1 Å². The van der Waals surface area contributed by atoms with Gasteiger partial charge < -0.3 is 28.5 Å². The Morgan fingerprint density at radius 3 is 1.70 bits per heavy atom. The second kappa shape index (κ2) is 6.44. The Kier molecular flexibility index (Phi) is 5.08. The van der Waals surface area contributed by atoms with E-state index in [0.717, 1.165) is 0 Å². The van der Waals surface area contributed by atoms with Gasteiger partial charge in [0.2, 0.25) is 0 Å². The molecule has 1 heterocycles. The standard InChI is InChI=1S/C18H24N.HI/c1-3-9-19(10-4-2)13-17-11-15-7-5-6-8-16(15)12-18(17)14-19;/h5-8,11-12H,3-4,9-10,13-14H2,1-2H3;1H/q+1;/p-1. The van der Waals surface area contributed by atoms with Gasteiger partial charge in [-0.1, -0.05) is 38.1 Å². The van der Waals surface area contributed by atoms with E-state index in [-0.39, 0.29) is 24.0 Å². The summed E-state index contributed by atoms with van der Waals surface area (Å²) in [6, 6.07) is 13.6. The Balaban J connectivity index is 0.00000147. The van der Waals surface area contributed by atoms with Crippen LogP contribution in [0.5, 0.6) is 0 Å². The molecule has 0 amide bonds. The summed E-state index contributed by atoms with van der Waals surface area (Å²) >= 11 is 0. The van der Waals surface area contributed by atoms with Crippen LogP contribution in [0.1, 0.15) is 37.8 Å². The van der Waals surface area contributed by atoms with Crippen molar-refractivity contribution in [1.82, 2.24) is 0 Å². The fourth-order valence-corrected chi connectivity index (χ4v) is 3.78. The Hall–Kier alpha value is -0.610. The van der Waals surface area contributed by atoms with Gasteiger partial charge in [-0.3, -0.25) is 0 Å². The molecule has 0 bridgehead atoms. The second-order valence-corrected chi connectivity index (χ2v) is 6.07. The molecule has 0 saturated carbocycles. The summed E-state index contributed by atoms with van der Waals surface area (Å²) < 4.78 is 1.28. The number of quaternary nitrogens is 1. The summed E-state index contributed by atoms with van der Waals surface area (Å²) in [6.07, 6.45) is 2.57. The van der Waals surface area contributed by atoms with Crippen LogP contribution in [0.2, 0.25) is 0 Å². The molecular weight excluding hydrogens is 357 g/mol. The first kappa shape index (κ1) is 15.8. The summed E-state index contributed by atoms with van der Waals surface area (Å²) in [4.78, 5) is 0. The van der Waals surface area contributed by atoms with Crippen LogP contribution in [0.25, 0.3) is 10.8 Å². The predicted molar refractivity (Wildman–Crippen MR) is 81.9 cm³/mol. The molecule has 0 radical (unpaired) electrons. The number of hydrogen-bond donors (Lipinski definition) is 0. The summed E-state index contributed by atoms with van der Waals surface area (Å²) in [5, 5.41) is 2.79. The molecule has 0 saturated heterocycles. The van der Waals surface area contributed by atoms with E-state index < -0.39 is 0 Å². The Morgan fingerprint density at radius 2 is 1.30 bits per heavy atom. The molecule has 0 N–H and O–H groups in total. The molecule has 0 aliphatic carbocycles. The van der Waals surface area contributed by atoms with Crippen molar-refractivity contribution in [3.8, 4) is 0 Å². The molecule has 1 nitrogen and oxygen atoms in total. The predicted octanol–water partition coefficient (Wildman–Crippen LogP) is 1.49. The molecule has 1 aliphatic rings. The van der Waals surface area contributed by atoms with E-state index in [9.17, 15) is 0 Å². The van der Waals surface area contributed by atoms with Gasteiger partial charge in [-0.15, -0.1) is 0 Å². The van der Waals surface area contributed by atoms with Crippen molar-refractivity contribution >= 4 is 10.8 Å². The zero-order valence-electron chi connectivity index (χ0n) is 12.5. The first-order valence-corrected chi connectivity index (χ1v) is 7.62. The molecule has 2 heteroatoms. The molecule has 2 aromatic carbocycles. The van der Waals surface area contributed by atoms with Crippen molar-refractivity contribution in [3.63, 3.8) is 0 Å². The van der Waals surface area contributed by atoms with Gasteiger partial charge in [-0.05, 0) is 35.7 Å². The number of rotatable bonds is 4. The Labute approximate surface area is 139 Å². The molecule has 0 fully saturated rings.